The number of rotatable bonds is 6. The van der Waals surface area contributed by atoms with Crippen LogP contribution in [0.15, 0.2) is 28.3 Å². The Kier molecular flexibility index (Phi) is 5.39. The van der Waals surface area contributed by atoms with Crippen LogP contribution in [0.1, 0.15) is 31.9 Å². The summed E-state index contributed by atoms with van der Waals surface area (Å²) < 4.78 is 1.63. The molecule has 20 heavy (non-hydrogen) atoms. The molecule has 1 atom stereocenters. The molecule has 0 saturated heterocycles. The number of benzene rings is 1. The van der Waals surface area contributed by atoms with Crippen LogP contribution in [0.4, 0.5) is 0 Å². The number of nitrogens with zero attached hydrogens (tertiary/aromatic N) is 4. The monoisotopic (exact) mass is 311 g/mol. The van der Waals surface area contributed by atoms with Gasteiger partial charge >= 0.3 is 0 Å². The lowest BCUT2D eigenvalue weighted by atomic mass is 10.1. The summed E-state index contributed by atoms with van der Waals surface area (Å²) in [5.74, 6) is 0. The number of nitrogens with one attached hydrogen (secondary N) is 1. The van der Waals surface area contributed by atoms with Gasteiger partial charge in [-0.05, 0) is 59.8 Å². The molecule has 1 N–H and O–H groups in total. The first-order valence-corrected chi connectivity index (χ1v) is 7.74. The molecule has 1 aromatic carbocycles. The maximum absolute atomic E-state index is 6.35. The molecular weight excluding hydrogens is 294 g/mol. The zero-order chi connectivity index (χ0) is 14.5. The summed E-state index contributed by atoms with van der Waals surface area (Å²) in [5, 5.41) is 16.3. The van der Waals surface area contributed by atoms with Crippen molar-refractivity contribution in [3.8, 4) is 0 Å². The third-order valence-electron chi connectivity index (χ3n) is 2.94. The van der Waals surface area contributed by atoms with Crippen molar-refractivity contribution >= 4 is 23.4 Å². The van der Waals surface area contributed by atoms with Crippen molar-refractivity contribution in [2.75, 3.05) is 6.54 Å². The maximum atomic E-state index is 6.35. The van der Waals surface area contributed by atoms with Crippen LogP contribution in [0.2, 0.25) is 5.02 Å². The molecule has 1 aromatic heterocycles. The quantitative estimate of drug-likeness (QED) is 0.888. The first-order chi connectivity index (χ1) is 9.61. The Morgan fingerprint density at radius 3 is 2.85 bits per heavy atom. The first-order valence-electron chi connectivity index (χ1n) is 6.55. The molecule has 5 nitrogen and oxygen atoms in total. The molecule has 0 bridgehead atoms. The number of hydrogen-bond donors (Lipinski definition) is 1. The molecule has 0 aliphatic carbocycles. The van der Waals surface area contributed by atoms with Gasteiger partial charge in [0.2, 0.25) is 5.16 Å². The standard InChI is InChI=1S/C13H18ClN5S/c1-4-7-15-9(2)10-5-6-12(11(14)8-10)20-13-16-17-18-19(13)3/h5-6,8-9,15H,4,7H2,1-3H3. The van der Waals surface area contributed by atoms with Gasteiger partial charge in [-0.3, -0.25) is 0 Å². The summed E-state index contributed by atoms with van der Waals surface area (Å²) in [7, 11) is 1.81. The van der Waals surface area contributed by atoms with Crippen LogP contribution in [-0.2, 0) is 7.05 Å². The molecule has 0 aliphatic heterocycles. The molecule has 1 heterocycles. The molecule has 7 heteroatoms. The Bertz CT molecular complexity index is 572. The zero-order valence-corrected chi connectivity index (χ0v) is 13.4. The van der Waals surface area contributed by atoms with E-state index in [4.69, 9.17) is 11.6 Å². The van der Waals surface area contributed by atoms with E-state index in [2.05, 4.69) is 40.8 Å². The minimum absolute atomic E-state index is 0.294. The predicted octanol–water partition coefficient (Wildman–Crippen LogP) is 3.08. The highest BCUT2D eigenvalue weighted by atomic mass is 35.5. The normalized spacial score (nSPS) is 12.6. The second-order valence-corrected chi connectivity index (χ2v) is 5.97. The van der Waals surface area contributed by atoms with Gasteiger partial charge in [0.15, 0.2) is 0 Å². The zero-order valence-electron chi connectivity index (χ0n) is 11.8. The average Bonchev–Trinajstić information content (AvgIpc) is 2.84. The van der Waals surface area contributed by atoms with Crippen molar-refractivity contribution in [2.24, 2.45) is 7.05 Å². The minimum atomic E-state index is 0.294. The number of hydrogen-bond acceptors (Lipinski definition) is 5. The Labute approximate surface area is 128 Å². The fraction of sp³-hybridized carbons (Fsp3) is 0.462. The van der Waals surface area contributed by atoms with E-state index in [0.29, 0.717) is 6.04 Å². The summed E-state index contributed by atoms with van der Waals surface area (Å²) in [6.45, 7) is 5.29. The first kappa shape index (κ1) is 15.3. The van der Waals surface area contributed by atoms with E-state index < -0.39 is 0 Å². The molecule has 0 radical (unpaired) electrons. The predicted molar refractivity (Wildman–Crippen MR) is 81.1 cm³/mol. The summed E-state index contributed by atoms with van der Waals surface area (Å²) >= 11 is 7.81. The SMILES string of the molecule is CCCNC(C)c1ccc(Sc2nnnn2C)c(Cl)c1. The highest BCUT2D eigenvalue weighted by Gasteiger charge is 2.11. The van der Waals surface area contributed by atoms with Crippen LogP contribution < -0.4 is 5.32 Å². The maximum Gasteiger partial charge on any atom is 0.213 e. The van der Waals surface area contributed by atoms with E-state index in [1.165, 1.54) is 17.3 Å². The molecule has 0 spiro atoms. The second kappa shape index (κ2) is 7.06. The molecule has 1 unspecified atom stereocenters. The molecular formula is C13H18ClN5S. The average molecular weight is 312 g/mol. The summed E-state index contributed by atoms with van der Waals surface area (Å²) in [6, 6.07) is 6.40. The number of aromatic nitrogens is 4. The third-order valence-corrected chi connectivity index (χ3v) is 4.47. The van der Waals surface area contributed by atoms with Gasteiger partial charge in [0.25, 0.3) is 0 Å². The van der Waals surface area contributed by atoms with Crippen molar-refractivity contribution in [2.45, 2.75) is 36.4 Å². The number of aryl methyl sites for hydroxylation is 1. The summed E-state index contributed by atoms with van der Waals surface area (Å²) in [6.07, 6.45) is 1.12. The summed E-state index contributed by atoms with van der Waals surface area (Å²) in [4.78, 5) is 0.955. The number of halogens is 1. The topological polar surface area (TPSA) is 55.6 Å². The summed E-state index contributed by atoms with van der Waals surface area (Å²) in [5.41, 5.74) is 1.18. The van der Waals surface area contributed by atoms with Crippen molar-refractivity contribution < 1.29 is 0 Å². The van der Waals surface area contributed by atoms with Gasteiger partial charge in [-0.1, -0.05) is 24.6 Å². The van der Waals surface area contributed by atoms with E-state index in [1.807, 2.05) is 12.1 Å². The van der Waals surface area contributed by atoms with E-state index in [-0.39, 0.29) is 0 Å². The van der Waals surface area contributed by atoms with E-state index >= 15 is 0 Å². The van der Waals surface area contributed by atoms with Gasteiger partial charge < -0.3 is 5.32 Å². The Hall–Kier alpha value is -1.11. The lowest BCUT2D eigenvalue weighted by Crippen LogP contribution is -2.19. The fourth-order valence-corrected chi connectivity index (χ4v) is 2.79. The molecule has 0 amide bonds. The molecule has 0 saturated carbocycles. The van der Waals surface area contributed by atoms with Crippen LogP contribution in [0.25, 0.3) is 0 Å². The number of tetrazole rings is 1. The van der Waals surface area contributed by atoms with Crippen molar-refractivity contribution in [1.29, 1.82) is 0 Å². The lowest BCUT2D eigenvalue weighted by molar-refractivity contribution is 0.570. The third kappa shape index (κ3) is 3.71. The Morgan fingerprint density at radius 2 is 2.25 bits per heavy atom. The van der Waals surface area contributed by atoms with Gasteiger partial charge in [-0.2, -0.15) is 0 Å². The van der Waals surface area contributed by atoms with Crippen molar-refractivity contribution in [3.63, 3.8) is 0 Å². The van der Waals surface area contributed by atoms with Crippen LogP contribution in [0.5, 0.6) is 0 Å². The van der Waals surface area contributed by atoms with Gasteiger partial charge in [-0.25, -0.2) is 4.68 Å². The van der Waals surface area contributed by atoms with Crippen LogP contribution in [0.3, 0.4) is 0 Å². The van der Waals surface area contributed by atoms with Crippen LogP contribution >= 0.6 is 23.4 Å². The van der Waals surface area contributed by atoms with Crippen LogP contribution in [-0.4, -0.2) is 26.8 Å². The van der Waals surface area contributed by atoms with Gasteiger partial charge in [0, 0.05) is 18.0 Å². The smallest absolute Gasteiger partial charge is 0.213 e. The highest BCUT2D eigenvalue weighted by Crippen LogP contribution is 2.33. The molecule has 0 fully saturated rings. The highest BCUT2D eigenvalue weighted by molar-refractivity contribution is 7.99. The van der Waals surface area contributed by atoms with Crippen LogP contribution in [0, 0.1) is 0 Å². The molecule has 2 aromatic rings. The van der Waals surface area contributed by atoms with Crippen molar-refractivity contribution in [1.82, 2.24) is 25.5 Å². The van der Waals surface area contributed by atoms with E-state index in [9.17, 15) is 0 Å². The Morgan fingerprint density at radius 1 is 1.45 bits per heavy atom. The molecule has 108 valence electrons. The lowest BCUT2D eigenvalue weighted by Gasteiger charge is -2.14. The second-order valence-electron chi connectivity index (χ2n) is 4.55. The van der Waals surface area contributed by atoms with Crippen molar-refractivity contribution in [3.05, 3.63) is 28.8 Å². The van der Waals surface area contributed by atoms with Gasteiger partial charge in [0.1, 0.15) is 0 Å². The van der Waals surface area contributed by atoms with E-state index in [0.717, 1.165) is 28.0 Å². The molecule has 0 aliphatic rings. The Balaban J connectivity index is 2.11. The van der Waals surface area contributed by atoms with Gasteiger partial charge in [-0.15, -0.1) is 5.10 Å². The minimum Gasteiger partial charge on any atom is -0.310 e. The van der Waals surface area contributed by atoms with E-state index in [1.54, 1.807) is 11.7 Å². The van der Waals surface area contributed by atoms with Gasteiger partial charge in [0.05, 0.1) is 5.02 Å². The molecule has 2 rings (SSSR count). The fourth-order valence-electron chi connectivity index (χ4n) is 1.75. The largest absolute Gasteiger partial charge is 0.310 e.